The number of hydrogen-bond donors (Lipinski definition) is 0. The molecule has 1 aliphatic heterocycles. The van der Waals surface area contributed by atoms with Crippen LogP contribution in [0.2, 0.25) is 0 Å². The number of para-hydroxylation sites is 1. The van der Waals surface area contributed by atoms with Crippen LogP contribution >= 0.6 is 11.8 Å². The molecule has 0 N–H and O–H groups in total. The predicted molar refractivity (Wildman–Crippen MR) is 100 cm³/mol. The van der Waals surface area contributed by atoms with Crippen molar-refractivity contribution in [3.63, 3.8) is 0 Å². The molecule has 1 fully saturated rings. The molecule has 4 rings (SSSR count). The van der Waals surface area contributed by atoms with Gasteiger partial charge in [-0.15, -0.1) is 10.2 Å². The van der Waals surface area contributed by atoms with E-state index in [0.717, 1.165) is 31.6 Å². The Kier molecular flexibility index (Phi) is 5.06. The van der Waals surface area contributed by atoms with Gasteiger partial charge in [0.1, 0.15) is 0 Å². The summed E-state index contributed by atoms with van der Waals surface area (Å²) in [6.07, 6.45) is 5.02. The first kappa shape index (κ1) is 16.9. The molecule has 0 spiro atoms. The molecule has 0 unspecified atom stereocenters. The highest BCUT2D eigenvalue weighted by molar-refractivity contribution is 7.99. The van der Waals surface area contributed by atoms with Crippen molar-refractivity contribution in [2.75, 3.05) is 18.8 Å². The predicted octanol–water partition coefficient (Wildman–Crippen LogP) is 3.63. The van der Waals surface area contributed by atoms with Gasteiger partial charge < -0.3 is 9.32 Å². The fraction of sp³-hybridized carbons (Fsp3) is 0.316. The number of benzene rings is 1. The van der Waals surface area contributed by atoms with Gasteiger partial charge in [0.15, 0.2) is 10.9 Å². The standard InChI is InChI=1S/C19H20N4O2S/c24-17(22-11-5-2-6-12-22)14-26-19-21-20-18(16-10-7-13-25-16)23(19)15-8-3-1-4-9-15/h1,3-4,7-10,13H,2,5-6,11-12,14H2. The minimum Gasteiger partial charge on any atom is -0.461 e. The Morgan fingerprint density at radius 1 is 1.04 bits per heavy atom. The summed E-state index contributed by atoms with van der Waals surface area (Å²) in [5, 5.41) is 9.30. The number of aromatic nitrogens is 3. The van der Waals surface area contributed by atoms with Crippen LogP contribution in [-0.4, -0.2) is 44.4 Å². The van der Waals surface area contributed by atoms with Gasteiger partial charge in [0.2, 0.25) is 11.7 Å². The van der Waals surface area contributed by atoms with Crippen molar-refractivity contribution in [1.29, 1.82) is 0 Å². The van der Waals surface area contributed by atoms with Crippen molar-refractivity contribution < 1.29 is 9.21 Å². The first-order chi connectivity index (χ1) is 12.8. The highest BCUT2D eigenvalue weighted by atomic mass is 32.2. The van der Waals surface area contributed by atoms with E-state index < -0.39 is 0 Å². The SMILES string of the molecule is O=C(CSc1nnc(-c2ccco2)n1-c1ccccc1)N1CCCCC1. The van der Waals surface area contributed by atoms with Crippen LogP contribution in [0.1, 0.15) is 19.3 Å². The molecule has 2 aromatic heterocycles. The summed E-state index contributed by atoms with van der Waals surface area (Å²) < 4.78 is 7.45. The smallest absolute Gasteiger partial charge is 0.233 e. The number of likely N-dealkylation sites (tertiary alicyclic amines) is 1. The van der Waals surface area contributed by atoms with Gasteiger partial charge in [0.25, 0.3) is 0 Å². The van der Waals surface area contributed by atoms with Crippen LogP contribution in [0.3, 0.4) is 0 Å². The number of carbonyl (C=O) groups excluding carboxylic acids is 1. The maximum absolute atomic E-state index is 12.5. The van der Waals surface area contributed by atoms with Crippen LogP contribution in [0, 0.1) is 0 Å². The van der Waals surface area contributed by atoms with E-state index in [1.807, 2.05) is 51.9 Å². The van der Waals surface area contributed by atoms with E-state index in [2.05, 4.69) is 10.2 Å². The number of hydrogen-bond acceptors (Lipinski definition) is 5. The zero-order chi connectivity index (χ0) is 17.8. The molecule has 134 valence electrons. The molecule has 26 heavy (non-hydrogen) atoms. The second-order valence-electron chi connectivity index (χ2n) is 6.18. The van der Waals surface area contributed by atoms with Crippen LogP contribution in [0.4, 0.5) is 0 Å². The molecule has 0 saturated carbocycles. The third kappa shape index (κ3) is 3.53. The highest BCUT2D eigenvalue weighted by Gasteiger charge is 2.21. The van der Waals surface area contributed by atoms with Gasteiger partial charge >= 0.3 is 0 Å². The summed E-state index contributed by atoms with van der Waals surface area (Å²) in [4.78, 5) is 14.4. The Morgan fingerprint density at radius 2 is 1.85 bits per heavy atom. The fourth-order valence-corrected chi connectivity index (χ4v) is 3.95. The summed E-state index contributed by atoms with van der Waals surface area (Å²) in [5.41, 5.74) is 0.942. The molecule has 0 radical (unpaired) electrons. The van der Waals surface area contributed by atoms with Crippen LogP contribution in [0.5, 0.6) is 0 Å². The Hall–Kier alpha value is -2.54. The van der Waals surface area contributed by atoms with Crippen LogP contribution < -0.4 is 0 Å². The second kappa shape index (κ2) is 7.78. The van der Waals surface area contributed by atoms with Gasteiger partial charge in [0, 0.05) is 18.8 Å². The van der Waals surface area contributed by atoms with Crippen LogP contribution in [-0.2, 0) is 4.79 Å². The normalized spacial score (nSPS) is 14.5. The lowest BCUT2D eigenvalue weighted by Crippen LogP contribution is -2.36. The van der Waals surface area contributed by atoms with E-state index in [4.69, 9.17) is 4.42 Å². The fourth-order valence-electron chi connectivity index (χ4n) is 3.10. The number of nitrogens with zero attached hydrogens (tertiary/aromatic N) is 4. The van der Waals surface area contributed by atoms with Gasteiger partial charge in [-0.2, -0.15) is 0 Å². The number of carbonyl (C=O) groups is 1. The van der Waals surface area contributed by atoms with Crippen LogP contribution in [0.25, 0.3) is 17.3 Å². The molecule has 6 nitrogen and oxygen atoms in total. The second-order valence-corrected chi connectivity index (χ2v) is 7.13. The maximum Gasteiger partial charge on any atom is 0.233 e. The minimum absolute atomic E-state index is 0.164. The van der Waals surface area contributed by atoms with Crippen molar-refractivity contribution in [3.8, 4) is 17.3 Å². The topological polar surface area (TPSA) is 64.2 Å². The summed E-state index contributed by atoms with van der Waals surface area (Å²) in [6, 6.07) is 13.6. The van der Waals surface area contributed by atoms with E-state index in [1.54, 1.807) is 6.26 Å². The van der Waals surface area contributed by atoms with Crippen LogP contribution in [0.15, 0.2) is 58.3 Å². The number of furan rings is 1. The summed E-state index contributed by atoms with van der Waals surface area (Å²) in [7, 11) is 0. The molecule has 0 aliphatic carbocycles. The van der Waals surface area contributed by atoms with Gasteiger partial charge in [0.05, 0.1) is 12.0 Å². The zero-order valence-electron chi connectivity index (χ0n) is 14.4. The number of piperidine rings is 1. The minimum atomic E-state index is 0.164. The molecule has 1 saturated heterocycles. The molecular weight excluding hydrogens is 348 g/mol. The lowest BCUT2D eigenvalue weighted by atomic mass is 10.1. The van der Waals surface area contributed by atoms with Crippen molar-refractivity contribution >= 4 is 17.7 Å². The van der Waals surface area contributed by atoms with E-state index in [0.29, 0.717) is 22.5 Å². The van der Waals surface area contributed by atoms with E-state index in [9.17, 15) is 4.79 Å². The molecule has 0 atom stereocenters. The number of rotatable bonds is 5. The largest absolute Gasteiger partial charge is 0.461 e. The van der Waals surface area contributed by atoms with E-state index in [-0.39, 0.29) is 5.91 Å². The Balaban J connectivity index is 1.59. The molecule has 7 heteroatoms. The Morgan fingerprint density at radius 3 is 2.58 bits per heavy atom. The molecule has 1 amide bonds. The number of thioether (sulfide) groups is 1. The van der Waals surface area contributed by atoms with Gasteiger partial charge in [-0.25, -0.2) is 0 Å². The van der Waals surface area contributed by atoms with Crippen molar-refractivity contribution in [1.82, 2.24) is 19.7 Å². The van der Waals surface area contributed by atoms with Gasteiger partial charge in [-0.3, -0.25) is 9.36 Å². The molecule has 1 aliphatic rings. The highest BCUT2D eigenvalue weighted by Crippen LogP contribution is 2.28. The summed E-state index contributed by atoms with van der Waals surface area (Å²) in [6.45, 7) is 1.73. The maximum atomic E-state index is 12.5. The molecule has 0 bridgehead atoms. The van der Waals surface area contributed by atoms with E-state index in [1.165, 1.54) is 18.2 Å². The third-order valence-electron chi connectivity index (χ3n) is 4.42. The third-order valence-corrected chi connectivity index (χ3v) is 5.34. The summed E-state index contributed by atoms with van der Waals surface area (Å²) in [5.74, 6) is 1.81. The lowest BCUT2D eigenvalue weighted by Gasteiger charge is -2.26. The first-order valence-electron chi connectivity index (χ1n) is 8.78. The van der Waals surface area contributed by atoms with E-state index >= 15 is 0 Å². The monoisotopic (exact) mass is 368 g/mol. The van der Waals surface area contributed by atoms with Gasteiger partial charge in [-0.05, 0) is 43.5 Å². The molecule has 3 aromatic rings. The Bertz CT molecular complexity index is 855. The van der Waals surface area contributed by atoms with Gasteiger partial charge in [-0.1, -0.05) is 30.0 Å². The molecular formula is C19H20N4O2S. The average Bonchev–Trinajstić information content (AvgIpc) is 3.37. The van der Waals surface area contributed by atoms with Crippen molar-refractivity contribution in [2.24, 2.45) is 0 Å². The molecule has 3 heterocycles. The lowest BCUT2D eigenvalue weighted by molar-refractivity contribution is -0.129. The Labute approximate surface area is 156 Å². The average molecular weight is 368 g/mol. The zero-order valence-corrected chi connectivity index (χ0v) is 15.2. The summed E-state index contributed by atoms with van der Waals surface area (Å²) >= 11 is 1.42. The number of amides is 1. The molecule has 1 aromatic carbocycles. The van der Waals surface area contributed by atoms with Crippen molar-refractivity contribution in [3.05, 3.63) is 48.7 Å². The first-order valence-corrected chi connectivity index (χ1v) is 9.77. The van der Waals surface area contributed by atoms with Crippen molar-refractivity contribution in [2.45, 2.75) is 24.4 Å². The quantitative estimate of drug-likeness (QED) is 0.644.